The van der Waals surface area contributed by atoms with Gasteiger partial charge in [-0.1, -0.05) is 96.7 Å². The van der Waals surface area contributed by atoms with Gasteiger partial charge in [0.1, 0.15) is 16.9 Å². The Balaban J connectivity index is 1.39. The van der Waals surface area contributed by atoms with E-state index in [4.69, 9.17) is 16.0 Å². The van der Waals surface area contributed by atoms with Crippen molar-refractivity contribution in [2.75, 3.05) is 0 Å². The molecule has 0 bridgehead atoms. The average Bonchev–Trinajstić information content (AvgIpc) is 3.13. The van der Waals surface area contributed by atoms with Crippen LogP contribution in [-0.4, -0.2) is 11.0 Å². The van der Waals surface area contributed by atoms with Gasteiger partial charge in [-0.15, -0.1) is 0 Å². The molecule has 33 heavy (non-hydrogen) atoms. The highest BCUT2D eigenvalue weighted by molar-refractivity contribution is 6.66. The third-order valence-corrected chi connectivity index (χ3v) is 5.87. The molecule has 1 aromatic heterocycles. The first-order valence-electron chi connectivity index (χ1n) is 10.6. The minimum Gasteiger partial charge on any atom is -0.455 e. The number of aliphatic imine (C=N–C) groups is 2. The Hall–Kier alpha value is -4.17. The molecule has 0 atom stereocenters. The minimum atomic E-state index is 0.182. The van der Waals surface area contributed by atoms with Crippen LogP contribution in [0, 0.1) is 0 Å². The number of para-hydroxylation sites is 2. The SMILES string of the molecule is ClC1=NC(c2ccc(-c3cccc4c3oc3ccccc34)cc2)=C=CC(c2ccccc2)=N1. The molecule has 0 aliphatic carbocycles. The number of fused-ring (bicyclic) bond motifs is 3. The number of halogens is 1. The maximum atomic E-state index is 6.31. The number of amidine groups is 1. The Morgan fingerprint density at radius 1 is 0.636 bits per heavy atom. The smallest absolute Gasteiger partial charge is 0.224 e. The Bertz CT molecular complexity index is 1630. The lowest BCUT2D eigenvalue weighted by Crippen LogP contribution is -1.97. The number of benzene rings is 4. The molecule has 1 aliphatic heterocycles. The summed E-state index contributed by atoms with van der Waals surface area (Å²) in [6.45, 7) is 0. The van der Waals surface area contributed by atoms with Gasteiger partial charge in [0.2, 0.25) is 5.29 Å². The molecular formula is C29H17ClN2O. The highest BCUT2D eigenvalue weighted by Crippen LogP contribution is 2.36. The summed E-state index contributed by atoms with van der Waals surface area (Å²) in [5, 5.41) is 2.42. The summed E-state index contributed by atoms with van der Waals surface area (Å²) in [4.78, 5) is 8.88. The van der Waals surface area contributed by atoms with E-state index in [1.165, 1.54) is 0 Å². The van der Waals surface area contributed by atoms with Crippen molar-refractivity contribution < 1.29 is 4.42 Å². The van der Waals surface area contributed by atoms with Gasteiger partial charge in [-0.3, -0.25) is 0 Å². The quantitative estimate of drug-likeness (QED) is 0.206. The van der Waals surface area contributed by atoms with E-state index < -0.39 is 0 Å². The Kier molecular flexibility index (Phi) is 4.77. The third-order valence-electron chi connectivity index (χ3n) is 5.71. The number of furan rings is 1. The normalized spacial score (nSPS) is 13.5. The molecule has 0 unspecified atom stereocenters. The zero-order valence-corrected chi connectivity index (χ0v) is 18.3. The third kappa shape index (κ3) is 3.60. The molecule has 3 nitrogen and oxygen atoms in total. The second-order valence-electron chi connectivity index (χ2n) is 7.74. The summed E-state index contributed by atoms with van der Waals surface area (Å²) in [7, 11) is 0. The Labute approximate surface area is 195 Å². The van der Waals surface area contributed by atoms with E-state index in [1.54, 1.807) is 0 Å². The van der Waals surface area contributed by atoms with Crippen LogP contribution in [0.25, 0.3) is 38.8 Å². The fourth-order valence-electron chi connectivity index (χ4n) is 4.10. The number of nitrogens with zero attached hydrogens (tertiary/aromatic N) is 2. The predicted octanol–water partition coefficient (Wildman–Crippen LogP) is 7.85. The summed E-state index contributed by atoms with van der Waals surface area (Å²) >= 11 is 6.31. The zero-order valence-electron chi connectivity index (χ0n) is 17.5. The molecule has 0 saturated carbocycles. The second-order valence-corrected chi connectivity index (χ2v) is 8.08. The van der Waals surface area contributed by atoms with Crippen LogP contribution in [0.3, 0.4) is 0 Å². The summed E-state index contributed by atoms with van der Waals surface area (Å²) in [5.74, 6) is 0. The summed E-state index contributed by atoms with van der Waals surface area (Å²) in [6, 6.07) is 32.4. The van der Waals surface area contributed by atoms with Crippen molar-refractivity contribution in [2.45, 2.75) is 0 Å². The van der Waals surface area contributed by atoms with Crippen LogP contribution in [0.1, 0.15) is 11.1 Å². The maximum absolute atomic E-state index is 6.31. The van der Waals surface area contributed by atoms with Crippen molar-refractivity contribution in [3.05, 3.63) is 120 Å². The molecule has 0 N–H and O–H groups in total. The molecule has 0 spiro atoms. The van der Waals surface area contributed by atoms with Gasteiger partial charge in [0.15, 0.2) is 0 Å². The van der Waals surface area contributed by atoms with Gasteiger partial charge < -0.3 is 4.42 Å². The van der Waals surface area contributed by atoms with Crippen molar-refractivity contribution in [3.63, 3.8) is 0 Å². The molecule has 0 amide bonds. The van der Waals surface area contributed by atoms with Gasteiger partial charge in [-0.2, -0.15) is 0 Å². The summed E-state index contributed by atoms with van der Waals surface area (Å²) < 4.78 is 6.19. The van der Waals surface area contributed by atoms with Crippen LogP contribution in [0.4, 0.5) is 0 Å². The molecular weight excluding hydrogens is 428 g/mol. The van der Waals surface area contributed by atoms with Gasteiger partial charge in [0.25, 0.3) is 0 Å². The van der Waals surface area contributed by atoms with E-state index in [0.29, 0.717) is 5.70 Å². The van der Waals surface area contributed by atoms with E-state index in [1.807, 2.05) is 66.7 Å². The largest absolute Gasteiger partial charge is 0.455 e. The van der Waals surface area contributed by atoms with Gasteiger partial charge >= 0.3 is 0 Å². The number of rotatable bonds is 3. The van der Waals surface area contributed by atoms with Crippen molar-refractivity contribution in [2.24, 2.45) is 9.98 Å². The van der Waals surface area contributed by atoms with Crippen molar-refractivity contribution >= 4 is 50.2 Å². The molecule has 0 fully saturated rings. The van der Waals surface area contributed by atoms with Gasteiger partial charge in [-0.25, -0.2) is 9.98 Å². The van der Waals surface area contributed by atoms with E-state index in [9.17, 15) is 0 Å². The Morgan fingerprint density at radius 3 is 2.21 bits per heavy atom. The molecule has 0 saturated heterocycles. The topological polar surface area (TPSA) is 37.9 Å². The average molecular weight is 445 g/mol. The molecule has 0 radical (unpaired) electrons. The molecule has 4 aromatic carbocycles. The first-order chi connectivity index (χ1) is 16.3. The fourth-order valence-corrected chi connectivity index (χ4v) is 4.28. The van der Waals surface area contributed by atoms with Crippen LogP contribution in [0.15, 0.2) is 123 Å². The van der Waals surface area contributed by atoms with Crippen LogP contribution in [0.2, 0.25) is 0 Å². The first-order valence-corrected chi connectivity index (χ1v) is 11.0. The molecule has 4 heteroatoms. The fraction of sp³-hybridized carbons (Fsp3) is 0. The lowest BCUT2D eigenvalue weighted by Gasteiger charge is -2.05. The molecule has 1 aliphatic rings. The number of allylic oxidation sites excluding steroid dienone is 1. The van der Waals surface area contributed by atoms with Crippen molar-refractivity contribution in [1.82, 2.24) is 0 Å². The van der Waals surface area contributed by atoms with E-state index in [-0.39, 0.29) is 5.29 Å². The highest BCUT2D eigenvalue weighted by atomic mass is 35.5. The van der Waals surface area contributed by atoms with Crippen molar-refractivity contribution in [1.29, 1.82) is 0 Å². The second kappa shape index (κ2) is 8.07. The number of hydrogen-bond donors (Lipinski definition) is 0. The standard InChI is InChI=1S/C29H17ClN2O/c30-29-31-25(20-7-2-1-3-8-20)17-18-26(32-29)21-15-13-19(14-16-21)22-10-6-11-24-23-9-4-5-12-27(23)33-28(22)24/h1-17H. The van der Waals surface area contributed by atoms with Crippen LogP contribution in [-0.2, 0) is 0 Å². The minimum absolute atomic E-state index is 0.182. The lowest BCUT2D eigenvalue weighted by atomic mass is 10.0. The van der Waals surface area contributed by atoms with E-state index in [2.05, 4.69) is 52.1 Å². The monoisotopic (exact) mass is 444 g/mol. The first kappa shape index (κ1) is 19.5. The van der Waals surface area contributed by atoms with Crippen LogP contribution in [0.5, 0.6) is 0 Å². The van der Waals surface area contributed by atoms with Crippen LogP contribution < -0.4 is 0 Å². The molecule has 2 heterocycles. The molecule has 5 aromatic rings. The maximum Gasteiger partial charge on any atom is 0.224 e. The van der Waals surface area contributed by atoms with Crippen LogP contribution >= 0.6 is 11.6 Å². The zero-order chi connectivity index (χ0) is 22.2. The summed E-state index contributed by atoms with van der Waals surface area (Å²) in [6.07, 6.45) is 1.83. The van der Waals surface area contributed by atoms with Gasteiger partial charge in [0, 0.05) is 33.5 Å². The number of hydrogen-bond acceptors (Lipinski definition) is 3. The van der Waals surface area contributed by atoms with Crippen molar-refractivity contribution in [3.8, 4) is 11.1 Å². The van der Waals surface area contributed by atoms with Gasteiger partial charge in [-0.05, 0) is 23.2 Å². The molecule has 6 rings (SSSR count). The predicted molar refractivity (Wildman–Crippen MR) is 137 cm³/mol. The van der Waals surface area contributed by atoms with E-state index in [0.717, 1.165) is 49.9 Å². The van der Waals surface area contributed by atoms with E-state index >= 15 is 0 Å². The lowest BCUT2D eigenvalue weighted by molar-refractivity contribution is 0.670. The highest BCUT2D eigenvalue weighted by Gasteiger charge is 2.13. The molecule has 156 valence electrons. The summed E-state index contributed by atoms with van der Waals surface area (Å²) in [5.41, 5.74) is 10.4. The Morgan fingerprint density at radius 2 is 1.36 bits per heavy atom. The van der Waals surface area contributed by atoms with Gasteiger partial charge in [0.05, 0.1) is 5.71 Å².